The van der Waals surface area contributed by atoms with Crippen molar-refractivity contribution in [1.82, 2.24) is 34.6 Å². The molecular weight excluding hydrogens is 262 g/mol. The number of rotatable bonds is 5. The van der Waals surface area contributed by atoms with Crippen molar-refractivity contribution in [1.29, 1.82) is 0 Å². The Balaban J connectivity index is 2.20. The van der Waals surface area contributed by atoms with Crippen LogP contribution in [0.1, 0.15) is 0 Å². The molecule has 2 N–H and O–H groups in total. The summed E-state index contributed by atoms with van der Waals surface area (Å²) in [5.74, 6) is 0.871. The molecule has 0 aliphatic heterocycles. The van der Waals surface area contributed by atoms with Gasteiger partial charge in [-0.1, -0.05) is 0 Å². The summed E-state index contributed by atoms with van der Waals surface area (Å²) in [5, 5.41) is 9.62. The molecule has 0 bridgehead atoms. The summed E-state index contributed by atoms with van der Waals surface area (Å²) in [6, 6.07) is 0. The maximum Gasteiger partial charge on any atom is 0.258 e. The zero-order valence-electron chi connectivity index (χ0n) is 11.4. The molecule has 0 saturated carbocycles. The van der Waals surface area contributed by atoms with E-state index in [9.17, 15) is 4.79 Å². The van der Waals surface area contributed by atoms with Crippen molar-refractivity contribution in [3.05, 3.63) is 12.7 Å². The van der Waals surface area contributed by atoms with Crippen molar-refractivity contribution in [3.63, 3.8) is 0 Å². The van der Waals surface area contributed by atoms with Gasteiger partial charge in [0.05, 0.1) is 6.54 Å². The molecule has 0 spiro atoms. The highest BCUT2D eigenvalue weighted by molar-refractivity contribution is 5.79. The average molecular weight is 277 g/mol. The van der Waals surface area contributed by atoms with Crippen molar-refractivity contribution >= 4 is 17.8 Å². The summed E-state index contributed by atoms with van der Waals surface area (Å²) in [6.07, 6.45) is 2.86. The first-order valence-corrected chi connectivity index (χ1v) is 5.83. The smallest absolute Gasteiger partial charge is 0.258 e. The Morgan fingerprint density at radius 1 is 1.30 bits per heavy atom. The highest BCUT2D eigenvalue weighted by Gasteiger charge is 2.10. The molecule has 20 heavy (non-hydrogen) atoms. The summed E-state index contributed by atoms with van der Waals surface area (Å²) >= 11 is 0. The summed E-state index contributed by atoms with van der Waals surface area (Å²) in [7, 11) is 5.05. The fourth-order valence-electron chi connectivity index (χ4n) is 1.28. The molecule has 0 aliphatic carbocycles. The summed E-state index contributed by atoms with van der Waals surface area (Å²) in [4.78, 5) is 29.3. The molecule has 0 fully saturated rings. The van der Waals surface area contributed by atoms with E-state index < -0.39 is 0 Å². The second kappa shape index (κ2) is 5.91. The largest absolute Gasteiger partial charge is 0.357 e. The van der Waals surface area contributed by atoms with Gasteiger partial charge in [0.2, 0.25) is 17.8 Å². The zero-order valence-corrected chi connectivity index (χ0v) is 11.4. The Kier molecular flexibility index (Phi) is 4.03. The molecule has 0 unspecified atom stereocenters. The van der Waals surface area contributed by atoms with E-state index in [0.717, 1.165) is 0 Å². The number of amides is 1. The SMILES string of the molecule is CNc1nc(NCC(=O)N(C)C)nc(-n2cncn2)n1. The number of anilines is 2. The van der Waals surface area contributed by atoms with Gasteiger partial charge in [0.15, 0.2) is 0 Å². The van der Waals surface area contributed by atoms with Crippen molar-refractivity contribution in [2.75, 3.05) is 38.3 Å². The fourth-order valence-corrected chi connectivity index (χ4v) is 1.28. The first-order chi connectivity index (χ1) is 9.60. The van der Waals surface area contributed by atoms with Crippen molar-refractivity contribution in [2.24, 2.45) is 0 Å². The quantitative estimate of drug-likeness (QED) is 0.715. The van der Waals surface area contributed by atoms with E-state index in [1.165, 1.54) is 22.2 Å². The predicted molar refractivity (Wildman–Crippen MR) is 71.5 cm³/mol. The van der Waals surface area contributed by atoms with Gasteiger partial charge in [-0.2, -0.15) is 24.7 Å². The highest BCUT2D eigenvalue weighted by Crippen LogP contribution is 2.07. The molecule has 2 aromatic rings. The van der Waals surface area contributed by atoms with E-state index in [4.69, 9.17) is 0 Å². The molecule has 10 heteroatoms. The number of likely N-dealkylation sites (N-methyl/N-ethyl adjacent to an activating group) is 1. The van der Waals surface area contributed by atoms with Gasteiger partial charge in [0.1, 0.15) is 12.7 Å². The molecular formula is C10H15N9O. The molecule has 2 heterocycles. The topological polar surface area (TPSA) is 114 Å². The van der Waals surface area contributed by atoms with Crippen LogP contribution in [-0.4, -0.2) is 68.2 Å². The first kappa shape index (κ1) is 13.6. The van der Waals surface area contributed by atoms with Gasteiger partial charge >= 0.3 is 0 Å². The van der Waals surface area contributed by atoms with Gasteiger partial charge in [-0.25, -0.2) is 4.98 Å². The summed E-state index contributed by atoms with van der Waals surface area (Å²) in [6.45, 7) is 0.0942. The van der Waals surface area contributed by atoms with Crippen LogP contribution >= 0.6 is 0 Å². The number of aromatic nitrogens is 6. The number of nitrogens with zero attached hydrogens (tertiary/aromatic N) is 7. The van der Waals surface area contributed by atoms with Gasteiger partial charge in [0, 0.05) is 21.1 Å². The number of hydrogen-bond acceptors (Lipinski definition) is 8. The average Bonchev–Trinajstić information content (AvgIpc) is 2.98. The standard InChI is InChI=1S/C10H15N9O/c1-11-8-15-9(13-4-7(20)18(2)3)17-10(16-8)19-6-12-5-14-19/h5-6H,4H2,1-3H3,(H2,11,13,15,16,17). The Bertz CT molecular complexity index is 580. The number of nitrogens with one attached hydrogen (secondary N) is 2. The van der Waals surface area contributed by atoms with Gasteiger partial charge < -0.3 is 15.5 Å². The molecule has 0 atom stereocenters. The molecule has 0 radical (unpaired) electrons. The maximum atomic E-state index is 11.5. The molecule has 0 aliphatic rings. The van der Waals surface area contributed by atoms with Crippen LogP contribution in [0, 0.1) is 0 Å². The second-order valence-corrected chi connectivity index (χ2v) is 4.01. The summed E-state index contributed by atoms with van der Waals surface area (Å²) < 4.78 is 1.40. The van der Waals surface area contributed by atoms with E-state index in [-0.39, 0.29) is 18.4 Å². The van der Waals surface area contributed by atoms with Crippen LogP contribution in [0.4, 0.5) is 11.9 Å². The lowest BCUT2D eigenvalue weighted by Gasteiger charge is -2.11. The Morgan fingerprint density at radius 3 is 2.65 bits per heavy atom. The van der Waals surface area contributed by atoms with Crippen LogP contribution in [0.25, 0.3) is 5.95 Å². The van der Waals surface area contributed by atoms with Gasteiger partial charge in [-0.05, 0) is 0 Å². The lowest BCUT2D eigenvalue weighted by molar-refractivity contribution is -0.126. The van der Waals surface area contributed by atoms with Crippen LogP contribution < -0.4 is 10.6 Å². The lowest BCUT2D eigenvalue weighted by Crippen LogP contribution is -2.29. The molecule has 0 aromatic carbocycles. The van der Waals surface area contributed by atoms with Crippen molar-refractivity contribution in [2.45, 2.75) is 0 Å². The van der Waals surface area contributed by atoms with E-state index in [1.54, 1.807) is 21.1 Å². The van der Waals surface area contributed by atoms with Crippen molar-refractivity contribution in [3.8, 4) is 5.95 Å². The third-order valence-electron chi connectivity index (χ3n) is 2.37. The third-order valence-corrected chi connectivity index (χ3v) is 2.37. The molecule has 106 valence electrons. The van der Waals surface area contributed by atoms with Gasteiger partial charge in [0.25, 0.3) is 5.95 Å². The molecule has 0 saturated heterocycles. The highest BCUT2D eigenvalue weighted by atomic mass is 16.2. The molecule has 10 nitrogen and oxygen atoms in total. The molecule has 2 aromatic heterocycles. The molecule has 2 rings (SSSR count). The first-order valence-electron chi connectivity index (χ1n) is 5.83. The van der Waals surface area contributed by atoms with Crippen molar-refractivity contribution < 1.29 is 4.79 Å². The maximum absolute atomic E-state index is 11.5. The Labute approximate surface area is 115 Å². The van der Waals surface area contributed by atoms with E-state index >= 15 is 0 Å². The van der Waals surface area contributed by atoms with Crippen LogP contribution in [0.15, 0.2) is 12.7 Å². The van der Waals surface area contributed by atoms with Crippen LogP contribution in [-0.2, 0) is 4.79 Å². The number of carbonyl (C=O) groups is 1. The normalized spacial score (nSPS) is 10.2. The van der Waals surface area contributed by atoms with Gasteiger partial charge in [-0.3, -0.25) is 4.79 Å². The number of hydrogen-bond donors (Lipinski definition) is 2. The third kappa shape index (κ3) is 3.16. The minimum atomic E-state index is -0.0845. The zero-order chi connectivity index (χ0) is 14.5. The minimum absolute atomic E-state index is 0.0845. The lowest BCUT2D eigenvalue weighted by atomic mass is 10.5. The minimum Gasteiger partial charge on any atom is -0.357 e. The monoisotopic (exact) mass is 277 g/mol. The second-order valence-electron chi connectivity index (χ2n) is 4.01. The van der Waals surface area contributed by atoms with Crippen LogP contribution in [0.2, 0.25) is 0 Å². The summed E-state index contributed by atoms with van der Waals surface area (Å²) in [5.41, 5.74) is 0. The molecule has 1 amide bonds. The fraction of sp³-hybridized carbons (Fsp3) is 0.400. The van der Waals surface area contributed by atoms with Crippen LogP contribution in [0.5, 0.6) is 0 Å². The van der Waals surface area contributed by atoms with E-state index in [0.29, 0.717) is 11.9 Å². The predicted octanol–water partition coefficient (Wildman–Crippen LogP) is -1.01. The Morgan fingerprint density at radius 2 is 2.05 bits per heavy atom. The Hall–Kier alpha value is -2.78. The van der Waals surface area contributed by atoms with Gasteiger partial charge in [-0.15, -0.1) is 0 Å². The van der Waals surface area contributed by atoms with E-state index in [1.807, 2.05) is 0 Å². The van der Waals surface area contributed by atoms with Crippen LogP contribution in [0.3, 0.4) is 0 Å². The number of carbonyl (C=O) groups excluding carboxylic acids is 1. The van der Waals surface area contributed by atoms with E-state index in [2.05, 4.69) is 35.7 Å².